The van der Waals surface area contributed by atoms with Gasteiger partial charge in [0.05, 0.1) is 0 Å². The molecule has 0 saturated heterocycles. The van der Waals surface area contributed by atoms with Crippen LogP contribution in [0.3, 0.4) is 0 Å². The van der Waals surface area contributed by atoms with E-state index in [9.17, 15) is 8.42 Å². The predicted octanol–water partition coefficient (Wildman–Crippen LogP) is 2.82. The van der Waals surface area contributed by atoms with Crippen LogP contribution in [-0.2, 0) is 10.0 Å². The van der Waals surface area contributed by atoms with Crippen molar-refractivity contribution in [2.75, 3.05) is 6.54 Å². The third kappa shape index (κ3) is 3.35. The molecule has 19 heavy (non-hydrogen) atoms. The van der Waals surface area contributed by atoms with Crippen molar-refractivity contribution in [3.8, 4) is 6.07 Å². The van der Waals surface area contributed by atoms with Crippen LogP contribution in [-0.4, -0.2) is 25.3 Å². The summed E-state index contributed by atoms with van der Waals surface area (Å²) in [6.45, 7) is 4.76. The predicted molar refractivity (Wildman–Crippen MR) is 75.4 cm³/mol. The van der Waals surface area contributed by atoms with Gasteiger partial charge in [-0.3, -0.25) is 0 Å². The number of rotatable bonds is 6. The van der Waals surface area contributed by atoms with Crippen LogP contribution in [0.2, 0.25) is 0 Å². The minimum atomic E-state index is -3.42. The second-order valence-corrected chi connectivity index (χ2v) is 8.46. The third-order valence-corrected chi connectivity index (χ3v) is 6.54. The van der Waals surface area contributed by atoms with E-state index in [2.05, 4.69) is 13.8 Å². The fourth-order valence-electron chi connectivity index (χ4n) is 1.88. The quantitative estimate of drug-likeness (QED) is 0.811. The molecule has 1 aromatic heterocycles. The zero-order chi connectivity index (χ0) is 14.0. The van der Waals surface area contributed by atoms with Crippen LogP contribution >= 0.6 is 11.3 Å². The molecule has 0 amide bonds. The number of sulfonamides is 1. The lowest BCUT2D eigenvalue weighted by atomic mass is 10.1. The summed E-state index contributed by atoms with van der Waals surface area (Å²) in [5.74, 6) is 0.481. The average Bonchev–Trinajstić information content (AvgIpc) is 3.05. The first kappa shape index (κ1) is 14.5. The molecule has 0 unspecified atom stereocenters. The normalized spacial score (nSPS) is 15.9. The van der Waals surface area contributed by atoms with Gasteiger partial charge in [-0.2, -0.15) is 9.57 Å². The van der Waals surface area contributed by atoms with Gasteiger partial charge in [-0.05, 0) is 37.3 Å². The van der Waals surface area contributed by atoms with Gasteiger partial charge in [0.1, 0.15) is 15.2 Å². The molecule has 4 nitrogen and oxygen atoms in total. The summed E-state index contributed by atoms with van der Waals surface area (Å²) in [5.41, 5.74) is 0. The van der Waals surface area contributed by atoms with Crippen LogP contribution in [0.1, 0.15) is 38.0 Å². The standard InChI is InChI=1S/C13H18N2O2S2/c1-10(2)7-8-15(11-3-4-11)19(16,17)13-6-5-12(9-14)18-13/h5-6,10-11H,3-4,7-8H2,1-2H3. The molecule has 1 heterocycles. The molecule has 0 aromatic carbocycles. The molecule has 1 aliphatic carbocycles. The zero-order valence-corrected chi connectivity index (χ0v) is 12.8. The van der Waals surface area contributed by atoms with Crippen molar-refractivity contribution in [2.45, 2.75) is 43.4 Å². The maximum absolute atomic E-state index is 12.6. The van der Waals surface area contributed by atoms with E-state index in [1.807, 2.05) is 6.07 Å². The summed E-state index contributed by atoms with van der Waals surface area (Å²) in [4.78, 5) is 0.443. The molecular weight excluding hydrogens is 280 g/mol. The monoisotopic (exact) mass is 298 g/mol. The highest BCUT2D eigenvalue weighted by Crippen LogP contribution is 2.34. The first-order valence-electron chi connectivity index (χ1n) is 6.47. The molecule has 0 radical (unpaired) electrons. The fourth-order valence-corrected chi connectivity index (χ4v) is 4.81. The maximum Gasteiger partial charge on any atom is 0.252 e. The maximum atomic E-state index is 12.6. The van der Waals surface area contributed by atoms with Gasteiger partial charge in [-0.1, -0.05) is 13.8 Å². The van der Waals surface area contributed by atoms with Crippen LogP contribution in [0.25, 0.3) is 0 Å². The first-order chi connectivity index (χ1) is 8.95. The Bertz CT molecular complexity index is 580. The highest BCUT2D eigenvalue weighted by Gasteiger charge is 2.38. The van der Waals surface area contributed by atoms with E-state index < -0.39 is 10.0 Å². The Kier molecular flexibility index (Phi) is 4.29. The van der Waals surface area contributed by atoms with Gasteiger partial charge < -0.3 is 0 Å². The van der Waals surface area contributed by atoms with Crippen molar-refractivity contribution in [3.05, 3.63) is 17.0 Å². The Morgan fingerprint density at radius 3 is 2.63 bits per heavy atom. The van der Waals surface area contributed by atoms with Gasteiger partial charge in [-0.15, -0.1) is 11.3 Å². The second kappa shape index (κ2) is 5.61. The van der Waals surface area contributed by atoms with Crippen molar-refractivity contribution in [2.24, 2.45) is 5.92 Å². The fraction of sp³-hybridized carbons (Fsp3) is 0.615. The molecule has 1 fully saturated rings. The second-order valence-electron chi connectivity index (χ2n) is 5.26. The molecule has 104 valence electrons. The van der Waals surface area contributed by atoms with E-state index in [0.29, 0.717) is 21.5 Å². The molecule has 0 N–H and O–H groups in total. The van der Waals surface area contributed by atoms with Crippen LogP contribution in [0.5, 0.6) is 0 Å². The largest absolute Gasteiger partial charge is 0.252 e. The number of hydrogen-bond donors (Lipinski definition) is 0. The van der Waals surface area contributed by atoms with Gasteiger partial charge in [0, 0.05) is 12.6 Å². The number of hydrogen-bond acceptors (Lipinski definition) is 4. The van der Waals surface area contributed by atoms with E-state index in [0.717, 1.165) is 30.6 Å². The number of nitrogens with zero attached hydrogens (tertiary/aromatic N) is 2. The van der Waals surface area contributed by atoms with Crippen molar-refractivity contribution in [1.82, 2.24) is 4.31 Å². The van der Waals surface area contributed by atoms with E-state index in [1.165, 1.54) is 0 Å². The van der Waals surface area contributed by atoms with Crippen LogP contribution in [0, 0.1) is 17.2 Å². The molecule has 0 atom stereocenters. The van der Waals surface area contributed by atoms with E-state index in [1.54, 1.807) is 16.4 Å². The lowest BCUT2D eigenvalue weighted by Crippen LogP contribution is -2.34. The van der Waals surface area contributed by atoms with Gasteiger partial charge in [-0.25, -0.2) is 8.42 Å². The van der Waals surface area contributed by atoms with Gasteiger partial charge >= 0.3 is 0 Å². The average molecular weight is 298 g/mol. The van der Waals surface area contributed by atoms with E-state index >= 15 is 0 Å². The Hall–Kier alpha value is -0.900. The zero-order valence-electron chi connectivity index (χ0n) is 11.2. The smallest absolute Gasteiger partial charge is 0.206 e. The summed E-state index contributed by atoms with van der Waals surface area (Å²) in [6.07, 6.45) is 2.77. The summed E-state index contributed by atoms with van der Waals surface area (Å²) in [7, 11) is -3.42. The highest BCUT2D eigenvalue weighted by atomic mass is 32.2. The Balaban J connectivity index is 2.21. The van der Waals surface area contributed by atoms with Gasteiger partial charge in [0.15, 0.2) is 0 Å². The molecule has 1 aromatic rings. The molecule has 0 aliphatic heterocycles. The van der Waals surface area contributed by atoms with Crippen LogP contribution in [0.4, 0.5) is 0 Å². The molecule has 0 bridgehead atoms. The molecule has 1 saturated carbocycles. The lowest BCUT2D eigenvalue weighted by molar-refractivity contribution is 0.374. The Morgan fingerprint density at radius 2 is 2.16 bits per heavy atom. The van der Waals surface area contributed by atoms with Gasteiger partial charge in [0.2, 0.25) is 0 Å². The summed E-state index contributed by atoms with van der Waals surface area (Å²) >= 11 is 1.06. The molecule has 2 rings (SSSR count). The molecule has 0 spiro atoms. The van der Waals surface area contributed by atoms with Crippen molar-refractivity contribution >= 4 is 21.4 Å². The number of thiophene rings is 1. The SMILES string of the molecule is CC(C)CCN(C1CC1)S(=O)(=O)c1ccc(C#N)s1. The topological polar surface area (TPSA) is 61.2 Å². The minimum Gasteiger partial charge on any atom is -0.206 e. The van der Waals surface area contributed by atoms with Crippen molar-refractivity contribution in [3.63, 3.8) is 0 Å². The molecule has 1 aliphatic rings. The summed E-state index contributed by atoms with van der Waals surface area (Å²) < 4.78 is 27.1. The Morgan fingerprint density at radius 1 is 1.47 bits per heavy atom. The van der Waals surface area contributed by atoms with E-state index in [-0.39, 0.29) is 6.04 Å². The first-order valence-corrected chi connectivity index (χ1v) is 8.72. The lowest BCUT2D eigenvalue weighted by Gasteiger charge is -2.21. The van der Waals surface area contributed by atoms with Crippen molar-refractivity contribution < 1.29 is 8.42 Å². The summed E-state index contributed by atoms with van der Waals surface area (Å²) in [6, 6.07) is 5.27. The molecule has 6 heteroatoms. The van der Waals surface area contributed by atoms with E-state index in [4.69, 9.17) is 5.26 Å². The highest BCUT2D eigenvalue weighted by molar-refractivity contribution is 7.91. The summed E-state index contributed by atoms with van der Waals surface area (Å²) in [5, 5.41) is 8.80. The van der Waals surface area contributed by atoms with Crippen LogP contribution in [0.15, 0.2) is 16.3 Å². The third-order valence-electron chi connectivity index (χ3n) is 3.14. The Labute approximate surface area is 118 Å². The minimum absolute atomic E-state index is 0.163. The van der Waals surface area contributed by atoms with Gasteiger partial charge in [0.25, 0.3) is 10.0 Å². The molecular formula is C13H18N2O2S2. The van der Waals surface area contributed by atoms with Crippen molar-refractivity contribution in [1.29, 1.82) is 5.26 Å². The van der Waals surface area contributed by atoms with Crippen LogP contribution < -0.4 is 0 Å². The number of nitriles is 1.